The number of hydrogen-bond donors (Lipinski definition) is 1. The highest BCUT2D eigenvalue weighted by atomic mass is 19.1. The van der Waals surface area contributed by atoms with Crippen LogP contribution < -0.4 is 5.32 Å². The molecule has 0 spiro atoms. The quantitative estimate of drug-likeness (QED) is 0.793. The van der Waals surface area contributed by atoms with E-state index >= 15 is 0 Å². The van der Waals surface area contributed by atoms with Crippen molar-refractivity contribution in [3.8, 4) is 0 Å². The maximum absolute atomic E-state index is 13.1. The second-order valence-corrected chi connectivity index (χ2v) is 4.39. The number of imidazole rings is 1. The summed E-state index contributed by atoms with van der Waals surface area (Å²) in [6.45, 7) is 0.303. The summed E-state index contributed by atoms with van der Waals surface area (Å²) in [5, 5.41) is 2.78. The molecule has 1 N–H and O–H groups in total. The average Bonchev–Trinajstić information content (AvgIpc) is 2.87. The molecule has 0 aliphatic rings. The number of nitrogens with one attached hydrogen (secondary N) is 1. The van der Waals surface area contributed by atoms with E-state index in [0.29, 0.717) is 23.4 Å². The molecule has 4 nitrogen and oxygen atoms in total. The van der Waals surface area contributed by atoms with Crippen LogP contribution in [-0.4, -0.2) is 15.3 Å². The van der Waals surface area contributed by atoms with Gasteiger partial charge in [-0.15, -0.1) is 0 Å². The average molecular weight is 269 g/mol. The topological polar surface area (TPSA) is 46.4 Å². The van der Waals surface area contributed by atoms with Crippen molar-refractivity contribution in [3.63, 3.8) is 0 Å². The first-order chi connectivity index (χ1) is 9.72. The standard InChI is InChI=1S/C15H12FN3O/c16-12-6-7-14-18-13(10-19(14)9-12)8-17-15(20)11-4-2-1-3-5-11/h1-7,9-10H,8H2,(H,17,20). The molecular formula is C15H12FN3O. The molecule has 5 heteroatoms. The number of carbonyl (C=O) groups is 1. The maximum atomic E-state index is 13.1. The fourth-order valence-corrected chi connectivity index (χ4v) is 1.96. The maximum Gasteiger partial charge on any atom is 0.251 e. The summed E-state index contributed by atoms with van der Waals surface area (Å²) in [6.07, 6.45) is 3.05. The van der Waals surface area contributed by atoms with E-state index in [-0.39, 0.29) is 11.7 Å². The second kappa shape index (κ2) is 5.13. The Morgan fingerprint density at radius 1 is 1.15 bits per heavy atom. The van der Waals surface area contributed by atoms with Crippen LogP contribution in [0.4, 0.5) is 4.39 Å². The lowest BCUT2D eigenvalue weighted by Crippen LogP contribution is -2.22. The molecule has 0 aliphatic carbocycles. The van der Waals surface area contributed by atoms with E-state index in [1.807, 2.05) is 18.2 Å². The van der Waals surface area contributed by atoms with Crippen LogP contribution in [0.5, 0.6) is 0 Å². The van der Waals surface area contributed by atoms with Gasteiger partial charge in [0.05, 0.1) is 12.2 Å². The van der Waals surface area contributed by atoms with Crippen molar-refractivity contribution < 1.29 is 9.18 Å². The molecule has 0 aliphatic heterocycles. The van der Waals surface area contributed by atoms with Crippen molar-refractivity contribution in [2.24, 2.45) is 0 Å². The van der Waals surface area contributed by atoms with Gasteiger partial charge in [0.1, 0.15) is 11.5 Å². The van der Waals surface area contributed by atoms with Crippen LogP contribution in [0.1, 0.15) is 16.1 Å². The van der Waals surface area contributed by atoms with Crippen molar-refractivity contribution in [1.29, 1.82) is 0 Å². The first-order valence-corrected chi connectivity index (χ1v) is 6.19. The molecule has 0 bridgehead atoms. The van der Waals surface area contributed by atoms with E-state index in [1.54, 1.807) is 28.8 Å². The third-order valence-electron chi connectivity index (χ3n) is 2.93. The predicted molar refractivity (Wildman–Crippen MR) is 72.8 cm³/mol. The van der Waals surface area contributed by atoms with Crippen LogP contribution in [-0.2, 0) is 6.54 Å². The number of fused-ring (bicyclic) bond motifs is 1. The zero-order chi connectivity index (χ0) is 13.9. The Morgan fingerprint density at radius 2 is 1.95 bits per heavy atom. The molecule has 100 valence electrons. The normalized spacial score (nSPS) is 10.7. The fourth-order valence-electron chi connectivity index (χ4n) is 1.96. The molecule has 3 rings (SSSR count). The number of pyridine rings is 1. The minimum absolute atomic E-state index is 0.158. The van der Waals surface area contributed by atoms with Gasteiger partial charge in [0.2, 0.25) is 0 Å². The van der Waals surface area contributed by atoms with Gasteiger partial charge in [-0.05, 0) is 24.3 Å². The Bertz CT molecular complexity index is 752. The second-order valence-electron chi connectivity index (χ2n) is 4.39. The van der Waals surface area contributed by atoms with Crippen LogP contribution >= 0.6 is 0 Å². The molecule has 1 aromatic carbocycles. The molecule has 1 amide bonds. The van der Waals surface area contributed by atoms with E-state index in [4.69, 9.17) is 0 Å². The number of carbonyl (C=O) groups excluding carboxylic acids is 1. The Morgan fingerprint density at radius 3 is 2.75 bits per heavy atom. The van der Waals surface area contributed by atoms with E-state index in [9.17, 15) is 9.18 Å². The highest BCUT2D eigenvalue weighted by molar-refractivity contribution is 5.94. The van der Waals surface area contributed by atoms with Crippen molar-refractivity contribution in [1.82, 2.24) is 14.7 Å². The number of hydrogen-bond acceptors (Lipinski definition) is 2. The minimum Gasteiger partial charge on any atom is -0.346 e. The fraction of sp³-hybridized carbons (Fsp3) is 0.0667. The molecule has 0 unspecified atom stereocenters. The lowest BCUT2D eigenvalue weighted by atomic mass is 10.2. The van der Waals surface area contributed by atoms with Gasteiger partial charge in [-0.3, -0.25) is 4.79 Å². The summed E-state index contributed by atoms with van der Waals surface area (Å²) in [5.74, 6) is -0.483. The molecular weight excluding hydrogens is 257 g/mol. The van der Waals surface area contributed by atoms with Gasteiger partial charge in [0.15, 0.2) is 0 Å². The zero-order valence-corrected chi connectivity index (χ0v) is 10.6. The third kappa shape index (κ3) is 2.51. The molecule has 0 saturated carbocycles. The third-order valence-corrected chi connectivity index (χ3v) is 2.93. The predicted octanol–water partition coefficient (Wildman–Crippen LogP) is 2.40. The Balaban J connectivity index is 1.72. The van der Waals surface area contributed by atoms with Gasteiger partial charge in [-0.1, -0.05) is 18.2 Å². The summed E-state index contributed by atoms with van der Waals surface area (Å²) in [5.41, 5.74) is 1.93. The first kappa shape index (κ1) is 12.3. The minimum atomic E-state index is -0.324. The Kier molecular flexibility index (Phi) is 3.16. The molecule has 0 atom stereocenters. The van der Waals surface area contributed by atoms with Gasteiger partial charge < -0.3 is 9.72 Å². The lowest BCUT2D eigenvalue weighted by Gasteiger charge is -2.02. The van der Waals surface area contributed by atoms with Gasteiger partial charge in [-0.2, -0.15) is 0 Å². The number of benzene rings is 1. The van der Waals surface area contributed by atoms with E-state index < -0.39 is 0 Å². The van der Waals surface area contributed by atoms with Crippen LogP contribution in [0, 0.1) is 5.82 Å². The summed E-state index contributed by atoms with van der Waals surface area (Å²) in [7, 11) is 0. The molecule has 3 aromatic rings. The zero-order valence-electron chi connectivity index (χ0n) is 10.6. The Labute approximate surface area is 114 Å². The lowest BCUT2D eigenvalue weighted by molar-refractivity contribution is 0.0950. The monoisotopic (exact) mass is 269 g/mol. The Hall–Kier alpha value is -2.69. The molecule has 0 saturated heterocycles. The highest BCUT2D eigenvalue weighted by Crippen LogP contribution is 2.07. The molecule has 0 fully saturated rings. The molecule has 2 aromatic heterocycles. The number of nitrogens with zero attached hydrogens (tertiary/aromatic N) is 2. The summed E-state index contributed by atoms with van der Waals surface area (Å²) in [4.78, 5) is 16.2. The summed E-state index contributed by atoms with van der Waals surface area (Å²) >= 11 is 0. The van der Waals surface area contributed by atoms with Crippen LogP contribution in [0.2, 0.25) is 0 Å². The summed E-state index contributed by atoms with van der Waals surface area (Å²) < 4.78 is 14.7. The smallest absolute Gasteiger partial charge is 0.251 e. The first-order valence-electron chi connectivity index (χ1n) is 6.19. The van der Waals surface area contributed by atoms with Crippen LogP contribution in [0.15, 0.2) is 54.9 Å². The van der Waals surface area contributed by atoms with E-state index in [1.165, 1.54) is 12.3 Å². The van der Waals surface area contributed by atoms with Gasteiger partial charge >= 0.3 is 0 Å². The number of amides is 1. The van der Waals surface area contributed by atoms with Gasteiger partial charge in [0, 0.05) is 18.0 Å². The van der Waals surface area contributed by atoms with E-state index in [2.05, 4.69) is 10.3 Å². The van der Waals surface area contributed by atoms with Crippen LogP contribution in [0.25, 0.3) is 5.65 Å². The molecule has 0 radical (unpaired) electrons. The largest absolute Gasteiger partial charge is 0.346 e. The van der Waals surface area contributed by atoms with Gasteiger partial charge in [0.25, 0.3) is 5.91 Å². The van der Waals surface area contributed by atoms with E-state index in [0.717, 1.165) is 0 Å². The SMILES string of the molecule is O=C(NCc1cn2cc(F)ccc2n1)c1ccccc1. The van der Waals surface area contributed by atoms with Crippen molar-refractivity contribution in [3.05, 3.63) is 71.9 Å². The summed E-state index contributed by atoms with van der Waals surface area (Å²) in [6, 6.07) is 11.9. The van der Waals surface area contributed by atoms with Crippen molar-refractivity contribution in [2.75, 3.05) is 0 Å². The van der Waals surface area contributed by atoms with Crippen molar-refractivity contribution >= 4 is 11.6 Å². The number of aromatic nitrogens is 2. The highest BCUT2D eigenvalue weighted by Gasteiger charge is 2.06. The van der Waals surface area contributed by atoms with Crippen LogP contribution in [0.3, 0.4) is 0 Å². The molecule has 2 heterocycles. The number of halogens is 1. The number of rotatable bonds is 3. The molecule has 20 heavy (non-hydrogen) atoms. The van der Waals surface area contributed by atoms with Crippen molar-refractivity contribution in [2.45, 2.75) is 6.54 Å². The van der Waals surface area contributed by atoms with Gasteiger partial charge in [-0.25, -0.2) is 9.37 Å².